The molecular weight excluding hydrogens is 302 g/mol. The van der Waals surface area contributed by atoms with Crippen molar-refractivity contribution in [2.75, 3.05) is 17.7 Å². The number of nitrogens with zero attached hydrogens (tertiary/aromatic N) is 3. The molecule has 0 aliphatic heterocycles. The molecule has 0 unspecified atom stereocenters. The summed E-state index contributed by atoms with van der Waals surface area (Å²) in [5.41, 5.74) is 2.02. The lowest BCUT2D eigenvalue weighted by atomic mass is 10.1. The fraction of sp³-hybridized carbons (Fsp3) is 0.500. The highest BCUT2D eigenvalue weighted by atomic mass is 16.5. The molecule has 0 atom stereocenters. The van der Waals surface area contributed by atoms with E-state index >= 15 is 0 Å². The van der Waals surface area contributed by atoms with E-state index in [1.807, 2.05) is 25.1 Å². The molecule has 24 heavy (non-hydrogen) atoms. The largest absolute Gasteiger partial charge is 0.495 e. The van der Waals surface area contributed by atoms with Gasteiger partial charge in [-0.1, -0.05) is 31.7 Å². The van der Waals surface area contributed by atoms with Crippen LogP contribution >= 0.6 is 0 Å². The minimum atomic E-state index is 0.443. The molecule has 2 N–H and O–H groups in total. The predicted octanol–water partition coefficient (Wildman–Crippen LogP) is 4.07. The van der Waals surface area contributed by atoms with Crippen molar-refractivity contribution in [2.24, 2.45) is 0 Å². The molecule has 2 aromatic rings. The van der Waals surface area contributed by atoms with Crippen LogP contribution in [0.4, 0.5) is 17.5 Å². The number of aromatic nitrogens is 3. The quantitative estimate of drug-likeness (QED) is 0.807. The van der Waals surface area contributed by atoms with Crippen molar-refractivity contribution >= 4 is 17.5 Å². The zero-order valence-corrected chi connectivity index (χ0v) is 14.4. The van der Waals surface area contributed by atoms with Crippen LogP contribution in [-0.2, 0) is 0 Å². The highest BCUT2D eigenvalue weighted by Gasteiger charge is 2.14. The Morgan fingerprint density at radius 2 is 1.92 bits per heavy atom. The van der Waals surface area contributed by atoms with Crippen LogP contribution in [0.2, 0.25) is 0 Å². The van der Waals surface area contributed by atoms with Gasteiger partial charge < -0.3 is 15.4 Å². The number of anilines is 3. The monoisotopic (exact) mass is 327 g/mol. The van der Waals surface area contributed by atoms with Crippen LogP contribution in [0, 0.1) is 6.92 Å². The van der Waals surface area contributed by atoms with Gasteiger partial charge in [-0.05, 0) is 37.5 Å². The summed E-state index contributed by atoms with van der Waals surface area (Å²) < 4.78 is 5.40. The van der Waals surface area contributed by atoms with Gasteiger partial charge >= 0.3 is 0 Å². The normalized spacial score (nSPS) is 15.6. The zero-order chi connectivity index (χ0) is 16.8. The lowest BCUT2D eigenvalue weighted by molar-refractivity contribution is 0.416. The van der Waals surface area contributed by atoms with Crippen LogP contribution in [0.25, 0.3) is 0 Å². The molecule has 0 radical (unpaired) electrons. The molecule has 1 heterocycles. The van der Waals surface area contributed by atoms with Crippen molar-refractivity contribution in [3.05, 3.63) is 30.0 Å². The molecule has 0 saturated heterocycles. The molecule has 0 bridgehead atoms. The first kappa shape index (κ1) is 16.5. The summed E-state index contributed by atoms with van der Waals surface area (Å²) in [6.07, 6.45) is 9.16. The minimum Gasteiger partial charge on any atom is -0.495 e. The smallest absolute Gasteiger partial charge is 0.244 e. The highest BCUT2D eigenvalue weighted by Crippen LogP contribution is 2.28. The van der Waals surface area contributed by atoms with Crippen molar-refractivity contribution in [1.82, 2.24) is 15.2 Å². The van der Waals surface area contributed by atoms with E-state index in [-0.39, 0.29) is 0 Å². The van der Waals surface area contributed by atoms with E-state index in [1.165, 1.54) is 38.5 Å². The van der Waals surface area contributed by atoms with Gasteiger partial charge in [0.25, 0.3) is 0 Å². The summed E-state index contributed by atoms with van der Waals surface area (Å²) >= 11 is 0. The van der Waals surface area contributed by atoms with Crippen molar-refractivity contribution in [3.63, 3.8) is 0 Å². The first-order valence-electron chi connectivity index (χ1n) is 8.62. The molecule has 6 nitrogen and oxygen atoms in total. The molecule has 128 valence electrons. The van der Waals surface area contributed by atoms with Gasteiger partial charge in [-0.25, -0.2) is 0 Å². The number of benzene rings is 1. The summed E-state index contributed by atoms with van der Waals surface area (Å²) in [5, 5.41) is 14.9. The van der Waals surface area contributed by atoms with Crippen LogP contribution in [-0.4, -0.2) is 28.3 Å². The van der Waals surface area contributed by atoms with Crippen LogP contribution < -0.4 is 15.4 Å². The van der Waals surface area contributed by atoms with Gasteiger partial charge in [-0.2, -0.15) is 10.1 Å². The Balaban J connectivity index is 1.72. The van der Waals surface area contributed by atoms with Crippen LogP contribution in [0.1, 0.15) is 44.1 Å². The van der Waals surface area contributed by atoms with Gasteiger partial charge in [0.2, 0.25) is 5.95 Å². The second-order valence-corrected chi connectivity index (χ2v) is 6.33. The Hall–Kier alpha value is -2.37. The van der Waals surface area contributed by atoms with Crippen LogP contribution in [0.5, 0.6) is 5.75 Å². The average Bonchev–Trinajstić information content (AvgIpc) is 2.84. The second kappa shape index (κ2) is 7.95. The minimum absolute atomic E-state index is 0.443. The Morgan fingerprint density at radius 1 is 1.12 bits per heavy atom. The van der Waals surface area contributed by atoms with Crippen LogP contribution in [0.15, 0.2) is 24.4 Å². The Kier molecular flexibility index (Phi) is 5.46. The lowest BCUT2D eigenvalue weighted by Crippen LogP contribution is -2.20. The zero-order valence-electron chi connectivity index (χ0n) is 14.4. The van der Waals surface area contributed by atoms with Gasteiger partial charge in [-0.3, -0.25) is 0 Å². The van der Waals surface area contributed by atoms with Gasteiger partial charge in [-0.15, -0.1) is 5.10 Å². The van der Waals surface area contributed by atoms with E-state index in [4.69, 9.17) is 4.74 Å². The summed E-state index contributed by atoms with van der Waals surface area (Å²) in [7, 11) is 1.66. The standard InChI is InChI=1S/C18H25N5O/c1-13-9-10-16(24-2)15(11-13)21-17-12-19-23-18(22-17)20-14-7-5-3-4-6-8-14/h9-12,14H,3-8H2,1-2H3,(H2,20,21,22,23). The Bertz CT molecular complexity index is 668. The van der Waals surface area contributed by atoms with Crippen LogP contribution in [0.3, 0.4) is 0 Å². The predicted molar refractivity (Wildman–Crippen MR) is 96.0 cm³/mol. The van der Waals surface area contributed by atoms with Gasteiger partial charge in [0, 0.05) is 6.04 Å². The molecular formula is C18H25N5O. The number of methoxy groups -OCH3 is 1. The number of ether oxygens (including phenoxy) is 1. The van der Waals surface area contributed by atoms with Crippen molar-refractivity contribution in [3.8, 4) is 5.75 Å². The molecule has 1 aliphatic rings. The molecule has 1 aromatic heterocycles. The van der Waals surface area contributed by atoms with E-state index < -0.39 is 0 Å². The summed E-state index contributed by atoms with van der Waals surface area (Å²) in [6, 6.07) is 6.43. The SMILES string of the molecule is COc1ccc(C)cc1Nc1cnnc(NC2CCCCCC2)n1. The fourth-order valence-corrected chi connectivity index (χ4v) is 3.09. The third kappa shape index (κ3) is 4.34. The molecule has 3 rings (SSSR count). The van der Waals surface area contributed by atoms with E-state index in [0.29, 0.717) is 17.8 Å². The number of hydrogen-bond acceptors (Lipinski definition) is 6. The second-order valence-electron chi connectivity index (χ2n) is 6.33. The van der Waals surface area contributed by atoms with Gasteiger partial charge in [0.15, 0.2) is 5.82 Å². The molecule has 1 saturated carbocycles. The molecule has 0 spiro atoms. The summed E-state index contributed by atoms with van der Waals surface area (Å²) in [6.45, 7) is 2.04. The lowest BCUT2D eigenvalue weighted by Gasteiger charge is -2.16. The first-order valence-corrected chi connectivity index (χ1v) is 8.62. The third-order valence-electron chi connectivity index (χ3n) is 4.36. The van der Waals surface area contributed by atoms with Crippen molar-refractivity contribution < 1.29 is 4.74 Å². The topological polar surface area (TPSA) is 72.0 Å². The van der Waals surface area contributed by atoms with Crippen molar-refractivity contribution in [1.29, 1.82) is 0 Å². The maximum atomic E-state index is 5.40. The third-order valence-corrected chi connectivity index (χ3v) is 4.36. The maximum absolute atomic E-state index is 5.40. The number of hydrogen-bond donors (Lipinski definition) is 2. The Labute approximate surface area is 143 Å². The fourth-order valence-electron chi connectivity index (χ4n) is 3.09. The molecule has 0 amide bonds. The van der Waals surface area contributed by atoms with Gasteiger partial charge in [0.05, 0.1) is 19.0 Å². The average molecular weight is 327 g/mol. The summed E-state index contributed by atoms with van der Waals surface area (Å²) in [5.74, 6) is 2.01. The summed E-state index contributed by atoms with van der Waals surface area (Å²) in [4.78, 5) is 4.55. The highest BCUT2D eigenvalue weighted by molar-refractivity contribution is 5.65. The van der Waals surface area contributed by atoms with Gasteiger partial charge in [0.1, 0.15) is 5.75 Å². The van der Waals surface area contributed by atoms with E-state index in [1.54, 1.807) is 13.3 Å². The number of rotatable bonds is 5. The number of aryl methyl sites for hydroxylation is 1. The molecule has 1 fully saturated rings. The first-order chi connectivity index (χ1) is 11.7. The molecule has 6 heteroatoms. The Morgan fingerprint density at radius 3 is 2.67 bits per heavy atom. The molecule has 1 aromatic carbocycles. The van der Waals surface area contributed by atoms with E-state index in [9.17, 15) is 0 Å². The van der Waals surface area contributed by atoms with E-state index in [2.05, 4.69) is 25.8 Å². The number of nitrogens with one attached hydrogen (secondary N) is 2. The van der Waals surface area contributed by atoms with E-state index in [0.717, 1.165) is 17.0 Å². The maximum Gasteiger partial charge on any atom is 0.244 e. The van der Waals surface area contributed by atoms with Crippen molar-refractivity contribution in [2.45, 2.75) is 51.5 Å². The molecule has 1 aliphatic carbocycles.